The summed E-state index contributed by atoms with van der Waals surface area (Å²) in [6.07, 6.45) is 7.03. The average molecular weight is 342 g/mol. The molecule has 1 aliphatic carbocycles. The van der Waals surface area contributed by atoms with E-state index in [1.165, 1.54) is 40.4 Å². The fourth-order valence-corrected chi connectivity index (χ4v) is 4.25. The number of nitrogens with one attached hydrogen (secondary N) is 1. The van der Waals surface area contributed by atoms with Gasteiger partial charge < -0.3 is 4.98 Å². The SMILES string of the molecule is CSCc1cccc2c(C(c3ccc(Cl)cc3)C3CC3)c[nH]c12. The molecule has 3 aromatic rings. The minimum Gasteiger partial charge on any atom is -0.361 e. The van der Waals surface area contributed by atoms with Gasteiger partial charge in [0.1, 0.15) is 0 Å². The molecule has 1 fully saturated rings. The third-order valence-electron chi connectivity index (χ3n) is 4.79. The van der Waals surface area contributed by atoms with E-state index in [1.807, 2.05) is 23.9 Å². The maximum absolute atomic E-state index is 6.08. The molecule has 1 heterocycles. The van der Waals surface area contributed by atoms with Crippen molar-refractivity contribution in [3.63, 3.8) is 0 Å². The van der Waals surface area contributed by atoms with Crippen LogP contribution in [0.25, 0.3) is 10.9 Å². The summed E-state index contributed by atoms with van der Waals surface area (Å²) in [4.78, 5) is 3.55. The minimum atomic E-state index is 0.477. The number of halogens is 1. The first-order valence-electron chi connectivity index (χ1n) is 8.11. The Morgan fingerprint density at radius 3 is 2.65 bits per heavy atom. The predicted molar refractivity (Wildman–Crippen MR) is 102 cm³/mol. The van der Waals surface area contributed by atoms with Gasteiger partial charge in [-0.1, -0.05) is 41.9 Å². The van der Waals surface area contributed by atoms with E-state index in [4.69, 9.17) is 11.6 Å². The van der Waals surface area contributed by atoms with Crippen LogP contribution >= 0.6 is 23.4 Å². The van der Waals surface area contributed by atoms with Gasteiger partial charge >= 0.3 is 0 Å². The first kappa shape index (κ1) is 15.2. The van der Waals surface area contributed by atoms with Gasteiger partial charge in [-0.3, -0.25) is 0 Å². The molecule has 118 valence electrons. The Labute approximate surface area is 146 Å². The highest BCUT2D eigenvalue weighted by atomic mass is 35.5. The van der Waals surface area contributed by atoms with E-state index in [9.17, 15) is 0 Å². The highest BCUT2D eigenvalue weighted by molar-refractivity contribution is 7.97. The van der Waals surface area contributed by atoms with Crippen LogP contribution in [-0.4, -0.2) is 11.2 Å². The van der Waals surface area contributed by atoms with E-state index >= 15 is 0 Å². The van der Waals surface area contributed by atoms with Gasteiger partial charge in [-0.25, -0.2) is 0 Å². The topological polar surface area (TPSA) is 15.8 Å². The van der Waals surface area contributed by atoms with Crippen LogP contribution in [0.2, 0.25) is 5.02 Å². The first-order chi connectivity index (χ1) is 11.3. The summed E-state index contributed by atoms with van der Waals surface area (Å²) < 4.78 is 0. The molecule has 1 saturated carbocycles. The molecule has 2 aromatic carbocycles. The Morgan fingerprint density at radius 1 is 1.17 bits per heavy atom. The van der Waals surface area contributed by atoms with Gasteiger partial charge in [-0.05, 0) is 53.8 Å². The van der Waals surface area contributed by atoms with Crippen molar-refractivity contribution in [3.05, 3.63) is 70.4 Å². The van der Waals surface area contributed by atoms with Crippen molar-refractivity contribution >= 4 is 34.3 Å². The van der Waals surface area contributed by atoms with E-state index in [-0.39, 0.29) is 0 Å². The van der Waals surface area contributed by atoms with Crippen LogP contribution < -0.4 is 0 Å². The summed E-state index contributed by atoms with van der Waals surface area (Å²) >= 11 is 7.95. The van der Waals surface area contributed by atoms with Crippen molar-refractivity contribution in [3.8, 4) is 0 Å². The number of rotatable bonds is 5. The Kier molecular flexibility index (Phi) is 4.13. The molecule has 1 nitrogen and oxygen atoms in total. The molecule has 0 spiro atoms. The van der Waals surface area contributed by atoms with Gasteiger partial charge in [0.15, 0.2) is 0 Å². The fraction of sp³-hybridized carbons (Fsp3) is 0.300. The number of aromatic amines is 1. The summed E-state index contributed by atoms with van der Waals surface area (Å²) in [5.41, 5.74) is 5.52. The van der Waals surface area contributed by atoms with Crippen LogP contribution in [0.1, 0.15) is 35.4 Å². The van der Waals surface area contributed by atoms with Gasteiger partial charge in [0.25, 0.3) is 0 Å². The second-order valence-corrected chi connectivity index (χ2v) is 7.69. The summed E-state index contributed by atoms with van der Waals surface area (Å²) in [6, 6.07) is 15.1. The zero-order chi connectivity index (χ0) is 15.8. The van der Waals surface area contributed by atoms with E-state index < -0.39 is 0 Å². The van der Waals surface area contributed by atoms with Crippen molar-refractivity contribution in [2.75, 3.05) is 6.26 Å². The van der Waals surface area contributed by atoms with Crippen LogP contribution in [-0.2, 0) is 5.75 Å². The van der Waals surface area contributed by atoms with E-state index in [1.54, 1.807) is 0 Å². The molecule has 3 heteroatoms. The van der Waals surface area contributed by atoms with E-state index in [0.29, 0.717) is 5.92 Å². The largest absolute Gasteiger partial charge is 0.361 e. The number of benzene rings is 2. The zero-order valence-corrected chi connectivity index (χ0v) is 14.8. The normalized spacial score (nSPS) is 15.9. The molecule has 23 heavy (non-hydrogen) atoms. The third kappa shape index (κ3) is 2.90. The molecule has 0 bridgehead atoms. The second kappa shape index (κ2) is 6.26. The minimum absolute atomic E-state index is 0.477. The highest BCUT2D eigenvalue weighted by Gasteiger charge is 2.34. The van der Waals surface area contributed by atoms with Crippen molar-refractivity contribution < 1.29 is 0 Å². The summed E-state index contributed by atoms with van der Waals surface area (Å²) in [7, 11) is 0. The third-order valence-corrected chi connectivity index (χ3v) is 5.64. The lowest BCUT2D eigenvalue weighted by atomic mass is 9.87. The number of para-hydroxylation sites is 1. The highest BCUT2D eigenvalue weighted by Crippen LogP contribution is 2.48. The smallest absolute Gasteiger partial charge is 0.0498 e. The van der Waals surface area contributed by atoms with Gasteiger partial charge in [0, 0.05) is 33.8 Å². The summed E-state index contributed by atoms with van der Waals surface area (Å²) in [6.45, 7) is 0. The molecule has 0 saturated heterocycles. The predicted octanol–water partition coefficient (Wildman–Crippen LogP) is 6.23. The van der Waals surface area contributed by atoms with Gasteiger partial charge in [0.2, 0.25) is 0 Å². The summed E-state index contributed by atoms with van der Waals surface area (Å²) in [5, 5.41) is 2.19. The number of H-pyrrole nitrogens is 1. The standard InChI is InChI=1S/C20H20ClNS/c1-23-12-15-3-2-4-17-18(11-22-20(15)17)19(13-5-6-13)14-7-9-16(21)10-8-14/h2-4,7-11,13,19,22H,5-6,12H2,1H3. The molecule has 0 amide bonds. The summed E-state index contributed by atoms with van der Waals surface area (Å²) in [5.74, 6) is 2.29. The molecule has 1 atom stereocenters. The Morgan fingerprint density at radius 2 is 1.96 bits per heavy atom. The van der Waals surface area contributed by atoms with Crippen molar-refractivity contribution in [2.24, 2.45) is 5.92 Å². The van der Waals surface area contributed by atoms with E-state index in [0.717, 1.165) is 16.7 Å². The fourth-order valence-electron chi connectivity index (χ4n) is 3.58. The number of hydrogen-bond donors (Lipinski definition) is 1. The number of hydrogen-bond acceptors (Lipinski definition) is 1. The Hall–Kier alpha value is -1.38. The monoisotopic (exact) mass is 341 g/mol. The molecule has 0 radical (unpaired) electrons. The lowest BCUT2D eigenvalue weighted by Gasteiger charge is -2.17. The molecule has 0 aliphatic heterocycles. The van der Waals surface area contributed by atoms with Crippen molar-refractivity contribution in [2.45, 2.75) is 24.5 Å². The number of aromatic nitrogens is 1. The van der Waals surface area contributed by atoms with Crippen molar-refractivity contribution in [1.82, 2.24) is 4.98 Å². The molecular formula is C20H20ClNS. The second-order valence-electron chi connectivity index (χ2n) is 6.38. The van der Waals surface area contributed by atoms with Gasteiger partial charge in [-0.15, -0.1) is 0 Å². The molecule has 1 N–H and O–H groups in total. The van der Waals surface area contributed by atoms with Crippen LogP contribution in [0, 0.1) is 5.92 Å². The van der Waals surface area contributed by atoms with Crippen LogP contribution in [0.4, 0.5) is 0 Å². The Bertz CT molecular complexity index is 817. The first-order valence-corrected chi connectivity index (χ1v) is 9.88. The van der Waals surface area contributed by atoms with E-state index in [2.05, 4.69) is 47.8 Å². The van der Waals surface area contributed by atoms with Gasteiger partial charge in [-0.2, -0.15) is 11.8 Å². The van der Waals surface area contributed by atoms with Crippen LogP contribution in [0.3, 0.4) is 0 Å². The lowest BCUT2D eigenvalue weighted by molar-refractivity contribution is 0.709. The lowest BCUT2D eigenvalue weighted by Crippen LogP contribution is -2.02. The molecule has 1 unspecified atom stereocenters. The number of thioether (sulfide) groups is 1. The molecular weight excluding hydrogens is 322 g/mol. The molecule has 1 aromatic heterocycles. The molecule has 4 rings (SSSR count). The zero-order valence-electron chi connectivity index (χ0n) is 13.2. The quantitative estimate of drug-likeness (QED) is 0.582. The van der Waals surface area contributed by atoms with Crippen molar-refractivity contribution in [1.29, 1.82) is 0 Å². The van der Waals surface area contributed by atoms with Crippen LogP contribution in [0.15, 0.2) is 48.7 Å². The van der Waals surface area contributed by atoms with Gasteiger partial charge in [0.05, 0.1) is 0 Å². The maximum Gasteiger partial charge on any atom is 0.0498 e. The number of fused-ring (bicyclic) bond motifs is 1. The average Bonchev–Trinajstić information content (AvgIpc) is 3.30. The maximum atomic E-state index is 6.08. The van der Waals surface area contributed by atoms with Crippen LogP contribution in [0.5, 0.6) is 0 Å². The Balaban J connectivity index is 1.82. The molecule has 1 aliphatic rings.